The van der Waals surface area contributed by atoms with Crippen molar-refractivity contribution in [2.24, 2.45) is 0 Å². The molecule has 2 aromatic rings. The summed E-state index contributed by atoms with van der Waals surface area (Å²) in [7, 11) is 0. The van der Waals surface area contributed by atoms with Gasteiger partial charge in [0, 0.05) is 11.1 Å². The number of nitrogens with one attached hydrogen (secondary N) is 2. The van der Waals surface area contributed by atoms with Crippen LogP contribution in [0.3, 0.4) is 0 Å². The third-order valence-electron chi connectivity index (χ3n) is 2.84. The van der Waals surface area contributed by atoms with Crippen molar-refractivity contribution in [3.63, 3.8) is 0 Å². The lowest BCUT2D eigenvalue weighted by Gasteiger charge is -2.16. The zero-order chi connectivity index (χ0) is 12.4. The van der Waals surface area contributed by atoms with Gasteiger partial charge in [0.2, 0.25) is 0 Å². The minimum absolute atomic E-state index is 0.198. The van der Waals surface area contributed by atoms with E-state index in [1.165, 1.54) is 0 Å². The molecule has 0 fully saturated rings. The second kappa shape index (κ2) is 4.80. The van der Waals surface area contributed by atoms with E-state index in [1.54, 1.807) is 0 Å². The quantitative estimate of drug-likeness (QED) is 0.867. The monoisotopic (exact) mass is 249 g/mol. The van der Waals surface area contributed by atoms with E-state index < -0.39 is 0 Å². The Hall–Kier alpha value is -1.48. The Bertz CT molecular complexity index is 500. The van der Waals surface area contributed by atoms with E-state index in [0.717, 1.165) is 27.7 Å². The van der Waals surface area contributed by atoms with Crippen LogP contribution < -0.4 is 5.32 Å². The molecule has 1 heterocycles. The van der Waals surface area contributed by atoms with Crippen molar-refractivity contribution in [2.75, 3.05) is 5.32 Å². The van der Waals surface area contributed by atoms with E-state index in [0.29, 0.717) is 0 Å². The molecule has 17 heavy (non-hydrogen) atoms. The third kappa shape index (κ3) is 2.61. The molecule has 3 nitrogen and oxygen atoms in total. The summed E-state index contributed by atoms with van der Waals surface area (Å²) in [6.45, 7) is 6.10. The van der Waals surface area contributed by atoms with Crippen LogP contribution in [0.5, 0.6) is 0 Å². The SMILES string of the molecule is Cc1n[nH]c(C)c1NC(C)c1cccc(Cl)c1. The second-order valence-electron chi connectivity index (χ2n) is 4.23. The zero-order valence-corrected chi connectivity index (χ0v) is 11.0. The van der Waals surface area contributed by atoms with E-state index >= 15 is 0 Å². The molecule has 0 aliphatic rings. The molecule has 0 aliphatic carbocycles. The predicted octanol–water partition coefficient (Wildman–Crippen LogP) is 3.85. The molecule has 1 aromatic heterocycles. The molecule has 2 rings (SSSR count). The Balaban J connectivity index is 2.20. The van der Waals surface area contributed by atoms with Crippen LogP contribution in [0, 0.1) is 13.8 Å². The number of rotatable bonds is 3. The van der Waals surface area contributed by atoms with Gasteiger partial charge in [-0.2, -0.15) is 5.10 Å². The highest BCUT2D eigenvalue weighted by molar-refractivity contribution is 6.30. The highest BCUT2D eigenvalue weighted by Crippen LogP contribution is 2.24. The Kier molecular flexibility index (Phi) is 3.38. The van der Waals surface area contributed by atoms with Crippen LogP contribution in [0.2, 0.25) is 5.02 Å². The molecule has 1 atom stereocenters. The first-order valence-corrected chi connectivity index (χ1v) is 5.99. The first-order chi connectivity index (χ1) is 8.08. The molecular weight excluding hydrogens is 234 g/mol. The maximum Gasteiger partial charge on any atom is 0.0825 e. The molecule has 90 valence electrons. The van der Waals surface area contributed by atoms with Gasteiger partial charge in [0.1, 0.15) is 0 Å². The highest BCUT2D eigenvalue weighted by atomic mass is 35.5. The van der Waals surface area contributed by atoms with E-state index in [4.69, 9.17) is 11.6 Å². The van der Waals surface area contributed by atoms with Crippen LogP contribution in [0.4, 0.5) is 5.69 Å². The van der Waals surface area contributed by atoms with Crippen molar-refractivity contribution in [3.05, 3.63) is 46.2 Å². The van der Waals surface area contributed by atoms with Gasteiger partial charge in [-0.1, -0.05) is 23.7 Å². The number of H-pyrrole nitrogens is 1. The van der Waals surface area contributed by atoms with Crippen molar-refractivity contribution in [2.45, 2.75) is 26.8 Å². The van der Waals surface area contributed by atoms with Gasteiger partial charge in [-0.15, -0.1) is 0 Å². The Labute approximate surface area is 106 Å². The summed E-state index contributed by atoms with van der Waals surface area (Å²) < 4.78 is 0. The lowest BCUT2D eigenvalue weighted by atomic mass is 10.1. The number of aryl methyl sites for hydroxylation is 2. The van der Waals surface area contributed by atoms with Gasteiger partial charge in [-0.05, 0) is 38.5 Å². The number of hydrogen-bond acceptors (Lipinski definition) is 2. The van der Waals surface area contributed by atoms with Crippen molar-refractivity contribution in [1.82, 2.24) is 10.2 Å². The molecule has 0 amide bonds. The molecule has 0 spiro atoms. The van der Waals surface area contributed by atoms with Gasteiger partial charge in [0.25, 0.3) is 0 Å². The standard InChI is InChI=1S/C13H16ClN3/c1-8(11-5-4-6-12(14)7-11)15-13-9(2)16-17-10(13)3/h4-8,15H,1-3H3,(H,16,17). The molecule has 0 bridgehead atoms. The Morgan fingerprint density at radius 3 is 2.71 bits per heavy atom. The van der Waals surface area contributed by atoms with E-state index in [1.807, 2.05) is 32.0 Å². The Morgan fingerprint density at radius 1 is 1.35 bits per heavy atom. The number of benzene rings is 1. The molecular formula is C13H16ClN3. The fourth-order valence-electron chi connectivity index (χ4n) is 1.84. The Morgan fingerprint density at radius 2 is 2.12 bits per heavy atom. The number of anilines is 1. The van der Waals surface area contributed by atoms with Crippen LogP contribution in [0.15, 0.2) is 24.3 Å². The summed E-state index contributed by atoms with van der Waals surface area (Å²) in [5.74, 6) is 0. The number of hydrogen-bond donors (Lipinski definition) is 2. The van der Waals surface area contributed by atoms with Gasteiger partial charge in [0.15, 0.2) is 0 Å². The normalized spacial score (nSPS) is 12.5. The van der Waals surface area contributed by atoms with Gasteiger partial charge in [0.05, 0.1) is 17.1 Å². The average Bonchev–Trinajstić information content (AvgIpc) is 2.61. The number of halogens is 1. The first-order valence-electron chi connectivity index (χ1n) is 5.61. The van der Waals surface area contributed by atoms with Crippen LogP contribution in [0.1, 0.15) is 29.9 Å². The minimum atomic E-state index is 0.198. The fourth-order valence-corrected chi connectivity index (χ4v) is 2.04. The molecule has 2 N–H and O–H groups in total. The molecule has 1 unspecified atom stereocenters. The average molecular weight is 250 g/mol. The van der Waals surface area contributed by atoms with Gasteiger partial charge >= 0.3 is 0 Å². The highest BCUT2D eigenvalue weighted by Gasteiger charge is 2.11. The van der Waals surface area contributed by atoms with Crippen molar-refractivity contribution in [3.8, 4) is 0 Å². The third-order valence-corrected chi connectivity index (χ3v) is 3.07. The number of aromatic nitrogens is 2. The van der Waals surface area contributed by atoms with E-state index in [-0.39, 0.29) is 6.04 Å². The van der Waals surface area contributed by atoms with Gasteiger partial charge in [-0.3, -0.25) is 5.10 Å². The maximum absolute atomic E-state index is 5.99. The zero-order valence-electron chi connectivity index (χ0n) is 10.2. The van der Waals surface area contributed by atoms with Crippen LogP contribution >= 0.6 is 11.6 Å². The molecule has 0 saturated carbocycles. The smallest absolute Gasteiger partial charge is 0.0825 e. The van der Waals surface area contributed by atoms with Crippen LogP contribution in [-0.4, -0.2) is 10.2 Å². The van der Waals surface area contributed by atoms with Crippen molar-refractivity contribution in [1.29, 1.82) is 0 Å². The second-order valence-corrected chi connectivity index (χ2v) is 4.67. The van der Waals surface area contributed by atoms with Crippen molar-refractivity contribution >= 4 is 17.3 Å². The molecule has 0 saturated heterocycles. The lowest BCUT2D eigenvalue weighted by molar-refractivity contribution is 0.881. The van der Waals surface area contributed by atoms with Gasteiger partial charge < -0.3 is 5.32 Å². The van der Waals surface area contributed by atoms with E-state index in [9.17, 15) is 0 Å². The predicted molar refractivity (Wildman–Crippen MR) is 71.6 cm³/mol. The number of nitrogens with zero attached hydrogens (tertiary/aromatic N) is 1. The molecule has 1 aromatic carbocycles. The topological polar surface area (TPSA) is 40.7 Å². The largest absolute Gasteiger partial charge is 0.376 e. The fraction of sp³-hybridized carbons (Fsp3) is 0.308. The summed E-state index contributed by atoms with van der Waals surface area (Å²) in [5, 5.41) is 11.3. The van der Waals surface area contributed by atoms with Crippen molar-refractivity contribution < 1.29 is 0 Å². The van der Waals surface area contributed by atoms with E-state index in [2.05, 4.69) is 28.5 Å². The first kappa shape index (κ1) is 12.0. The lowest BCUT2D eigenvalue weighted by Crippen LogP contribution is -2.07. The molecule has 0 aliphatic heterocycles. The summed E-state index contributed by atoms with van der Waals surface area (Å²) in [6.07, 6.45) is 0. The maximum atomic E-state index is 5.99. The minimum Gasteiger partial charge on any atom is -0.376 e. The summed E-state index contributed by atoms with van der Waals surface area (Å²) in [4.78, 5) is 0. The van der Waals surface area contributed by atoms with Crippen LogP contribution in [-0.2, 0) is 0 Å². The van der Waals surface area contributed by atoms with Crippen LogP contribution in [0.25, 0.3) is 0 Å². The molecule has 0 radical (unpaired) electrons. The summed E-state index contributed by atoms with van der Waals surface area (Å²) in [5.41, 5.74) is 4.27. The summed E-state index contributed by atoms with van der Waals surface area (Å²) in [6, 6.07) is 8.08. The van der Waals surface area contributed by atoms with Gasteiger partial charge in [-0.25, -0.2) is 0 Å². The summed E-state index contributed by atoms with van der Waals surface area (Å²) >= 11 is 5.99. The number of aromatic amines is 1. The molecule has 4 heteroatoms.